The summed E-state index contributed by atoms with van der Waals surface area (Å²) in [4.78, 5) is 36.0. The van der Waals surface area contributed by atoms with Gasteiger partial charge in [-0.15, -0.1) is 0 Å². The number of hydrogen-bond donors (Lipinski definition) is 1. The van der Waals surface area contributed by atoms with Gasteiger partial charge in [-0.3, -0.25) is 9.59 Å². The Morgan fingerprint density at radius 1 is 1.08 bits per heavy atom. The van der Waals surface area contributed by atoms with E-state index >= 15 is 0 Å². The molecule has 1 aliphatic heterocycles. The van der Waals surface area contributed by atoms with Crippen LogP contribution in [-0.4, -0.2) is 24.5 Å². The van der Waals surface area contributed by atoms with E-state index in [1.807, 2.05) is 30.3 Å². The molecule has 1 fully saturated rings. The first-order valence-electron chi connectivity index (χ1n) is 8.11. The van der Waals surface area contributed by atoms with Crippen LogP contribution in [0.15, 0.2) is 54.6 Å². The Morgan fingerprint density at radius 3 is 2.42 bits per heavy atom. The minimum absolute atomic E-state index is 0.0155. The highest BCUT2D eigenvalue weighted by atomic mass is 16.6. The zero-order valence-corrected chi connectivity index (χ0v) is 14.0. The van der Waals surface area contributed by atoms with Gasteiger partial charge in [-0.05, 0) is 29.8 Å². The van der Waals surface area contributed by atoms with Crippen LogP contribution in [0.2, 0.25) is 0 Å². The Hall–Kier alpha value is -3.35. The van der Waals surface area contributed by atoms with Gasteiger partial charge < -0.3 is 20.1 Å². The molecular formula is C19H18N2O5. The fourth-order valence-electron chi connectivity index (χ4n) is 2.76. The van der Waals surface area contributed by atoms with Gasteiger partial charge in [0.2, 0.25) is 5.91 Å². The van der Waals surface area contributed by atoms with Crippen molar-refractivity contribution in [2.45, 2.75) is 13.0 Å². The minimum Gasteiger partial charge on any atom is -0.489 e. The Kier molecular flexibility index (Phi) is 5.17. The number of carbonyl (C=O) groups is 3. The van der Waals surface area contributed by atoms with E-state index in [9.17, 15) is 14.4 Å². The van der Waals surface area contributed by atoms with Crippen molar-refractivity contribution in [2.24, 2.45) is 11.7 Å². The molecular weight excluding hydrogens is 336 g/mol. The van der Waals surface area contributed by atoms with E-state index in [1.54, 1.807) is 24.3 Å². The number of amides is 2. The van der Waals surface area contributed by atoms with E-state index in [-0.39, 0.29) is 18.9 Å². The predicted molar refractivity (Wildman–Crippen MR) is 93.4 cm³/mol. The number of hydrogen-bond acceptors (Lipinski definition) is 5. The number of ether oxygens (including phenoxy) is 2. The van der Waals surface area contributed by atoms with Crippen molar-refractivity contribution < 1.29 is 23.9 Å². The first-order chi connectivity index (χ1) is 12.5. The van der Waals surface area contributed by atoms with E-state index in [4.69, 9.17) is 10.5 Å². The summed E-state index contributed by atoms with van der Waals surface area (Å²) in [7, 11) is 0. The maximum atomic E-state index is 12.1. The molecule has 1 unspecified atom stereocenters. The zero-order chi connectivity index (χ0) is 18.5. The lowest BCUT2D eigenvalue weighted by atomic mass is 10.1. The van der Waals surface area contributed by atoms with Crippen molar-refractivity contribution in [3.05, 3.63) is 60.2 Å². The number of esters is 1. The third kappa shape index (κ3) is 4.18. The molecule has 0 saturated carbocycles. The van der Waals surface area contributed by atoms with Crippen molar-refractivity contribution in [1.29, 1.82) is 0 Å². The third-order valence-corrected chi connectivity index (χ3v) is 4.06. The molecule has 26 heavy (non-hydrogen) atoms. The molecule has 0 aromatic heterocycles. The Bertz CT molecular complexity index is 804. The summed E-state index contributed by atoms with van der Waals surface area (Å²) in [6, 6.07) is 16.8. The maximum absolute atomic E-state index is 12.1. The first-order valence-corrected chi connectivity index (χ1v) is 8.11. The number of nitrogens with two attached hydrogens (primary N) is 1. The van der Waals surface area contributed by atoms with Crippen LogP contribution >= 0.6 is 0 Å². The summed E-state index contributed by atoms with van der Waals surface area (Å²) in [5.41, 5.74) is 6.54. The number of nitrogens with zero attached hydrogens (tertiary/aromatic N) is 1. The Morgan fingerprint density at radius 2 is 1.77 bits per heavy atom. The third-order valence-electron chi connectivity index (χ3n) is 4.06. The molecule has 7 nitrogen and oxygen atoms in total. The molecule has 2 N–H and O–H groups in total. The van der Waals surface area contributed by atoms with Crippen LogP contribution in [0, 0.1) is 5.92 Å². The average molecular weight is 354 g/mol. The highest BCUT2D eigenvalue weighted by molar-refractivity contribution is 6.00. The molecule has 3 rings (SSSR count). The lowest BCUT2D eigenvalue weighted by Gasteiger charge is -2.17. The highest BCUT2D eigenvalue weighted by Crippen LogP contribution is 2.27. The molecule has 1 aliphatic rings. The summed E-state index contributed by atoms with van der Waals surface area (Å²) in [5.74, 6) is -1.02. The van der Waals surface area contributed by atoms with Crippen molar-refractivity contribution in [2.75, 3.05) is 11.4 Å². The molecule has 1 saturated heterocycles. The molecule has 0 aliphatic carbocycles. The van der Waals surface area contributed by atoms with Gasteiger partial charge in [0.1, 0.15) is 12.4 Å². The second-order valence-corrected chi connectivity index (χ2v) is 5.91. The monoisotopic (exact) mass is 354 g/mol. The molecule has 134 valence electrons. The van der Waals surface area contributed by atoms with E-state index in [2.05, 4.69) is 4.74 Å². The molecule has 0 radical (unpaired) electrons. The fraction of sp³-hybridized carbons (Fsp3) is 0.211. The standard InChI is InChI=1S/C19H18N2O5/c20-19(24)26-18(23)14-10-17(22)21(11-14)15-6-8-16(9-7-15)25-12-13-4-2-1-3-5-13/h1-9,14H,10-12H2,(H2,20,24). The molecule has 2 amide bonds. The molecule has 2 aromatic rings. The highest BCUT2D eigenvalue weighted by Gasteiger charge is 2.36. The van der Waals surface area contributed by atoms with Crippen LogP contribution in [0.4, 0.5) is 10.5 Å². The Labute approximate surface area is 150 Å². The summed E-state index contributed by atoms with van der Waals surface area (Å²) in [6.07, 6.45) is -1.18. The van der Waals surface area contributed by atoms with Gasteiger partial charge in [-0.25, -0.2) is 4.79 Å². The van der Waals surface area contributed by atoms with Gasteiger partial charge in [0.25, 0.3) is 0 Å². The number of benzene rings is 2. The molecule has 1 heterocycles. The SMILES string of the molecule is NC(=O)OC(=O)C1CC(=O)N(c2ccc(OCc3ccccc3)cc2)C1. The second kappa shape index (κ2) is 7.69. The van der Waals surface area contributed by atoms with Crippen molar-refractivity contribution in [3.63, 3.8) is 0 Å². The van der Waals surface area contributed by atoms with E-state index in [1.165, 1.54) is 4.90 Å². The van der Waals surface area contributed by atoms with Crippen LogP contribution < -0.4 is 15.4 Å². The molecule has 1 atom stereocenters. The van der Waals surface area contributed by atoms with E-state index < -0.39 is 18.0 Å². The van der Waals surface area contributed by atoms with Gasteiger partial charge in [0.15, 0.2) is 0 Å². The van der Waals surface area contributed by atoms with Gasteiger partial charge in [-0.1, -0.05) is 30.3 Å². The largest absolute Gasteiger partial charge is 0.489 e. The van der Waals surface area contributed by atoms with Crippen molar-refractivity contribution in [3.8, 4) is 5.75 Å². The number of primary amides is 1. The lowest BCUT2D eigenvalue weighted by Crippen LogP contribution is -2.28. The molecule has 0 spiro atoms. The summed E-state index contributed by atoms with van der Waals surface area (Å²) < 4.78 is 10.1. The average Bonchev–Trinajstić information content (AvgIpc) is 3.03. The molecule has 7 heteroatoms. The molecule has 2 aromatic carbocycles. The van der Waals surface area contributed by atoms with E-state index in [0.29, 0.717) is 18.0 Å². The minimum atomic E-state index is -1.17. The second-order valence-electron chi connectivity index (χ2n) is 5.91. The fourth-order valence-corrected chi connectivity index (χ4v) is 2.76. The van der Waals surface area contributed by atoms with Crippen LogP contribution in [0.5, 0.6) is 5.75 Å². The normalized spacial score (nSPS) is 16.4. The zero-order valence-electron chi connectivity index (χ0n) is 14.0. The van der Waals surface area contributed by atoms with Crippen molar-refractivity contribution >= 4 is 23.7 Å². The van der Waals surface area contributed by atoms with Gasteiger partial charge in [0.05, 0.1) is 5.92 Å². The van der Waals surface area contributed by atoms with Crippen molar-refractivity contribution in [1.82, 2.24) is 0 Å². The number of anilines is 1. The van der Waals surface area contributed by atoms with Crippen LogP contribution in [0.3, 0.4) is 0 Å². The first kappa shape index (κ1) is 17.5. The van der Waals surface area contributed by atoms with Crippen LogP contribution in [0.25, 0.3) is 0 Å². The van der Waals surface area contributed by atoms with Gasteiger partial charge in [0, 0.05) is 18.7 Å². The smallest absolute Gasteiger partial charge is 0.412 e. The van der Waals surface area contributed by atoms with E-state index in [0.717, 1.165) is 5.56 Å². The van der Waals surface area contributed by atoms with Gasteiger partial charge >= 0.3 is 12.1 Å². The van der Waals surface area contributed by atoms with Gasteiger partial charge in [-0.2, -0.15) is 0 Å². The maximum Gasteiger partial charge on any atom is 0.412 e. The Balaban J connectivity index is 1.60. The van der Waals surface area contributed by atoms with Crippen LogP contribution in [-0.2, 0) is 20.9 Å². The predicted octanol–water partition coefficient (Wildman–Crippen LogP) is 2.24. The topological polar surface area (TPSA) is 98.9 Å². The molecule has 0 bridgehead atoms. The summed E-state index contributed by atoms with van der Waals surface area (Å²) in [5, 5.41) is 0. The quantitative estimate of drug-likeness (QED) is 0.656. The summed E-state index contributed by atoms with van der Waals surface area (Å²) >= 11 is 0. The number of carbonyl (C=O) groups excluding carboxylic acids is 3. The van der Waals surface area contributed by atoms with Crippen LogP contribution in [0.1, 0.15) is 12.0 Å². The summed E-state index contributed by atoms with van der Waals surface area (Å²) in [6.45, 7) is 0.596. The lowest BCUT2D eigenvalue weighted by molar-refractivity contribution is -0.141. The number of rotatable bonds is 5.